The van der Waals surface area contributed by atoms with Gasteiger partial charge in [-0.15, -0.1) is 0 Å². The van der Waals surface area contributed by atoms with Gasteiger partial charge in [0.1, 0.15) is 0 Å². The van der Waals surface area contributed by atoms with Gasteiger partial charge in [-0.3, -0.25) is 4.79 Å². The van der Waals surface area contributed by atoms with Gasteiger partial charge < -0.3 is 10.6 Å². The second kappa shape index (κ2) is 5.86. The van der Waals surface area contributed by atoms with E-state index in [0.717, 1.165) is 54.8 Å². The lowest BCUT2D eigenvalue weighted by molar-refractivity contribution is -0.138. The van der Waals surface area contributed by atoms with E-state index < -0.39 is 0 Å². The van der Waals surface area contributed by atoms with Gasteiger partial charge in [0.05, 0.1) is 0 Å². The Morgan fingerprint density at radius 1 is 1.11 bits per heavy atom. The van der Waals surface area contributed by atoms with Crippen LogP contribution in [0.1, 0.15) is 63.5 Å². The van der Waals surface area contributed by atoms with Gasteiger partial charge in [-0.25, -0.2) is 0 Å². The van der Waals surface area contributed by atoms with E-state index in [1.165, 1.54) is 30.4 Å². The zero-order chi connectivity index (χ0) is 18.8. The molecule has 2 N–H and O–H groups in total. The lowest BCUT2D eigenvalue weighted by Crippen LogP contribution is -2.50. The molecule has 0 saturated heterocycles. The predicted molar refractivity (Wildman–Crippen MR) is 110 cm³/mol. The quantitative estimate of drug-likeness (QED) is 0.759. The van der Waals surface area contributed by atoms with Crippen molar-refractivity contribution in [3.05, 3.63) is 35.4 Å². The van der Waals surface area contributed by atoms with E-state index in [2.05, 4.69) is 42.7 Å². The number of carbonyl (C=O) groups is 1. The number of allylic oxidation sites excluding steroid dienone is 1. The van der Waals surface area contributed by atoms with Gasteiger partial charge in [-0.1, -0.05) is 6.07 Å². The molecule has 0 spiro atoms. The molecule has 0 amide bonds. The molecule has 1 heterocycles. The number of carbonyl (C=O) groups excluding carboxylic acids is 1. The van der Waals surface area contributed by atoms with Crippen LogP contribution in [0.2, 0.25) is 0 Å². The molecule has 0 unspecified atom stereocenters. The molecule has 4 fully saturated rings. The summed E-state index contributed by atoms with van der Waals surface area (Å²) in [6, 6.07) is 6.54. The molecule has 5 aliphatic rings. The van der Waals surface area contributed by atoms with Gasteiger partial charge in [-0.05, 0) is 94.2 Å². The third-order valence-electron chi connectivity index (χ3n) is 7.63. The maximum atomic E-state index is 13.6. The van der Waals surface area contributed by atoms with E-state index in [0.29, 0.717) is 5.78 Å². The highest BCUT2D eigenvalue weighted by Crippen LogP contribution is 2.60. The molecule has 27 heavy (non-hydrogen) atoms. The fourth-order valence-corrected chi connectivity index (χ4v) is 6.90. The van der Waals surface area contributed by atoms with Crippen molar-refractivity contribution in [1.29, 1.82) is 0 Å². The first-order chi connectivity index (χ1) is 12.9. The molecule has 1 aliphatic heterocycles. The van der Waals surface area contributed by atoms with E-state index in [1.807, 2.05) is 13.1 Å². The van der Waals surface area contributed by atoms with Crippen molar-refractivity contribution in [3.8, 4) is 0 Å². The molecule has 1 aromatic rings. The molecule has 144 valence electrons. The first-order valence-corrected chi connectivity index (χ1v) is 10.7. The summed E-state index contributed by atoms with van der Waals surface area (Å²) in [5.74, 6) is 2.80. The number of ketones is 1. The van der Waals surface area contributed by atoms with Crippen molar-refractivity contribution in [1.82, 2.24) is 5.32 Å². The van der Waals surface area contributed by atoms with Crippen molar-refractivity contribution in [2.45, 2.75) is 64.3 Å². The van der Waals surface area contributed by atoms with Crippen LogP contribution in [0, 0.1) is 23.2 Å². The Kier molecular flexibility index (Phi) is 3.76. The van der Waals surface area contributed by atoms with E-state index >= 15 is 0 Å². The summed E-state index contributed by atoms with van der Waals surface area (Å²) in [6.45, 7) is 4.45. The molecule has 4 saturated carbocycles. The standard InChI is InChI=1S/C24H32N2O/c1-23(2)14-18-4-5-19(25-3)9-20(18)21(26-23)10-22(27)24-11-15-6-16(12-24)8-17(7-15)13-24/h4-5,9-10,15-17,25-26H,6-8,11-14H2,1-3H3/b21-10+. The Hall–Kier alpha value is -1.77. The second-order valence-corrected chi connectivity index (χ2v) is 10.4. The smallest absolute Gasteiger partial charge is 0.163 e. The van der Waals surface area contributed by atoms with Crippen LogP contribution in [0.25, 0.3) is 5.70 Å². The molecule has 3 nitrogen and oxygen atoms in total. The van der Waals surface area contributed by atoms with Gasteiger partial charge in [0.15, 0.2) is 5.78 Å². The van der Waals surface area contributed by atoms with Gasteiger partial charge >= 0.3 is 0 Å². The van der Waals surface area contributed by atoms with Crippen LogP contribution in [0.15, 0.2) is 24.3 Å². The molecule has 0 atom stereocenters. The lowest BCUT2D eigenvalue weighted by atomic mass is 9.48. The summed E-state index contributed by atoms with van der Waals surface area (Å²) < 4.78 is 0. The van der Waals surface area contributed by atoms with E-state index in [9.17, 15) is 4.79 Å². The predicted octanol–water partition coefficient (Wildman–Crippen LogP) is 4.78. The third-order valence-corrected chi connectivity index (χ3v) is 7.63. The van der Waals surface area contributed by atoms with Gasteiger partial charge in [0.25, 0.3) is 0 Å². The topological polar surface area (TPSA) is 41.1 Å². The summed E-state index contributed by atoms with van der Waals surface area (Å²) in [5, 5.41) is 6.92. The fourth-order valence-electron chi connectivity index (χ4n) is 6.90. The SMILES string of the molecule is CNc1ccc2c(c1)/C(=C\C(=O)C13CC4CC(CC(C4)C1)C3)NC(C)(C)C2. The minimum atomic E-state index is -0.0637. The first-order valence-electron chi connectivity index (χ1n) is 10.7. The Labute approximate surface area is 163 Å². The van der Waals surface area contributed by atoms with Crippen LogP contribution in [0.4, 0.5) is 5.69 Å². The molecule has 4 bridgehead atoms. The molecule has 1 aromatic carbocycles. The van der Waals surface area contributed by atoms with Crippen LogP contribution in [-0.2, 0) is 11.2 Å². The number of benzene rings is 1. The van der Waals surface area contributed by atoms with Crippen molar-refractivity contribution in [3.63, 3.8) is 0 Å². The largest absolute Gasteiger partial charge is 0.388 e. The van der Waals surface area contributed by atoms with Crippen LogP contribution < -0.4 is 10.6 Å². The van der Waals surface area contributed by atoms with E-state index in [4.69, 9.17) is 0 Å². The van der Waals surface area contributed by atoms with E-state index in [1.54, 1.807) is 0 Å². The molecule has 4 aliphatic carbocycles. The molecular weight excluding hydrogens is 332 g/mol. The molecule has 6 rings (SSSR count). The summed E-state index contributed by atoms with van der Waals surface area (Å²) in [4.78, 5) is 13.6. The number of hydrogen-bond acceptors (Lipinski definition) is 3. The third kappa shape index (κ3) is 2.90. The highest BCUT2D eigenvalue weighted by atomic mass is 16.1. The van der Waals surface area contributed by atoms with Crippen molar-refractivity contribution < 1.29 is 4.79 Å². The zero-order valence-corrected chi connectivity index (χ0v) is 16.9. The van der Waals surface area contributed by atoms with Crippen LogP contribution >= 0.6 is 0 Å². The number of rotatable bonds is 3. The second-order valence-electron chi connectivity index (χ2n) is 10.4. The lowest BCUT2D eigenvalue weighted by Gasteiger charge is -2.55. The average molecular weight is 365 g/mol. The number of anilines is 1. The Bertz CT molecular complexity index is 784. The van der Waals surface area contributed by atoms with Crippen molar-refractivity contribution in [2.24, 2.45) is 23.2 Å². The van der Waals surface area contributed by atoms with Crippen LogP contribution in [0.5, 0.6) is 0 Å². The summed E-state index contributed by atoms with van der Waals surface area (Å²) in [7, 11) is 1.95. The maximum absolute atomic E-state index is 13.6. The number of nitrogens with one attached hydrogen (secondary N) is 2. The number of hydrogen-bond donors (Lipinski definition) is 2. The molecular formula is C24H32N2O. The number of fused-ring (bicyclic) bond motifs is 1. The molecule has 0 aromatic heterocycles. The summed E-state index contributed by atoms with van der Waals surface area (Å²) in [6.07, 6.45) is 10.5. The highest BCUT2D eigenvalue weighted by molar-refractivity contribution is 6.01. The van der Waals surface area contributed by atoms with Gasteiger partial charge in [0.2, 0.25) is 0 Å². The minimum Gasteiger partial charge on any atom is -0.388 e. The Morgan fingerprint density at radius 2 is 1.74 bits per heavy atom. The molecule has 3 heteroatoms. The molecule has 0 radical (unpaired) electrons. The minimum absolute atomic E-state index is 0.0260. The van der Waals surface area contributed by atoms with Crippen molar-refractivity contribution >= 4 is 17.2 Å². The van der Waals surface area contributed by atoms with Gasteiger partial charge in [0, 0.05) is 41.0 Å². The van der Waals surface area contributed by atoms with Crippen LogP contribution in [0.3, 0.4) is 0 Å². The average Bonchev–Trinajstić information content (AvgIpc) is 2.59. The van der Waals surface area contributed by atoms with Crippen molar-refractivity contribution in [2.75, 3.05) is 12.4 Å². The Balaban J connectivity index is 1.52. The highest BCUT2D eigenvalue weighted by Gasteiger charge is 2.54. The monoisotopic (exact) mass is 364 g/mol. The normalized spacial score (nSPS) is 37.0. The Morgan fingerprint density at radius 3 is 2.33 bits per heavy atom. The first kappa shape index (κ1) is 17.3. The van der Waals surface area contributed by atoms with E-state index in [-0.39, 0.29) is 11.0 Å². The zero-order valence-electron chi connectivity index (χ0n) is 16.9. The fraction of sp³-hybridized carbons (Fsp3) is 0.625. The van der Waals surface area contributed by atoms with Gasteiger partial charge in [-0.2, -0.15) is 0 Å². The summed E-state index contributed by atoms with van der Waals surface area (Å²) >= 11 is 0. The maximum Gasteiger partial charge on any atom is 0.163 e. The summed E-state index contributed by atoms with van der Waals surface area (Å²) in [5.41, 5.74) is 4.57. The van der Waals surface area contributed by atoms with Crippen LogP contribution in [-0.4, -0.2) is 18.4 Å².